The lowest BCUT2D eigenvalue weighted by Gasteiger charge is -2.24. The molecule has 2 aromatic carbocycles. The monoisotopic (exact) mass is 580 g/mol. The van der Waals surface area contributed by atoms with Gasteiger partial charge >= 0.3 is 17.9 Å². The van der Waals surface area contributed by atoms with Crippen LogP contribution in [0.4, 0.5) is 0 Å². The summed E-state index contributed by atoms with van der Waals surface area (Å²) in [5.74, 6) is -5.04. The van der Waals surface area contributed by atoms with E-state index in [0.29, 0.717) is 18.8 Å². The van der Waals surface area contributed by atoms with Crippen LogP contribution < -0.4 is 0 Å². The van der Waals surface area contributed by atoms with E-state index < -0.39 is 35.7 Å². The number of benzene rings is 2. The summed E-state index contributed by atoms with van der Waals surface area (Å²) in [4.78, 5) is 59.6. The van der Waals surface area contributed by atoms with Crippen LogP contribution in [0.25, 0.3) is 0 Å². The summed E-state index contributed by atoms with van der Waals surface area (Å²) in [7, 11) is 0. The molecule has 42 heavy (non-hydrogen) atoms. The van der Waals surface area contributed by atoms with Gasteiger partial charge in [0.15, 0.2) is 5.92 Å². The summed E-state index contributed by atoms with van der Waals surface area (Å²) in [5, 5.41) is 8.66. The van der Waals surface area contributed by atoms with Crippen molar-refractivity contribution in [3.8, 4) is 0 Å². The molecule has 0 heterocycles. The van der Waals surface area contributed by atoms with Gasteiger partial charge in [0.2, 0.25) is 0 Å². The van der Waals surface area contributed by atoms with E-state index in [9.17, 15) is 24.0 Å². The Bertz CT molecular complexity index is 1130. The molecular formula is C34H44O8. The molecule has 0 unspecified atom stereocenters. The number of rotatable bonds is 15. The lowest BCUT2D eigenvalue weighted by Crippen LogP contribution is -2.38. The smallest absolute Gasteiger partial charge is 0.331 e. The first-order chi connectivity index (χ1) is 19.7. The van der Waals surface area contributed by atoms with Crippen molar-refractivity contribution < 1.29 is 38.6 Å². The van der Waals surface area contributed by atoms with Crippen molar-refractivity contribution in [2.75, 3.05) is 0 Å². The molecule has 2 rings (SSSR count). The van der Waals surface area contributed by atoms with E-state index in [4.69, 9.17) is 14.6 Å². The molecule has 0 amide bonds. The standard InChI is InChI=1S/C24H28O5.C10H16O3/c1-17(2)14-21(18(3)25)22(23(26)28-15-19-10-6-4-7-11-19)24(27)29-16-20-12-8-5-9-13-20;1-6(2)5-9(8(4)11)7(3)10(12)13/h4-13,17,21-22H,14-16H2,1-3H3;6,9H,3,5H2,1-2,4H3,(H,12,13)/t21-;9-/m01/s1. The highest BCUT2D eigenvalue weighted by Gasteiger charge is 2.40. The zero-order valence-electron chi connectivity index (χ0n) is 25.5. The van der Waals surface area contributed by atoms with Crippen molar-refractivity contribution in [2.45, 2.75) is 67.6 Å². The van der Waals surface area contributed by atoms with Crippen LogP contribution in [0.5, 0.6) is 0 Å². The van der Waals surface area contributed by atoms with Crippen LogP contribution in [0.15, 0.2) is 72.8 Å². The van der Waals surface area contributed by atoms with Gasteiger partial charge in [-0.3, -0.25) is 19.2 Å². The first-order valence-corrected chi connectivity index (χ1v) is 14.1. The minimum atomic E-state index is -1.28. The molecular weight excluding hydrogens is 536 g/mol. The maximum atomic E-state index is 12.8. The van der Waals surface area contributed by atoms with Gasteiger partial charge in [-0.05, 0) is 49.7 Å². The van der Waals surface area contributed by atoms with Gasteiger partial charge < -0.3 is 14.6 Å². The van der Waals surface area contributed by atoms with E-state index in [-0.39, 0.29) is 36.3 Å². The molecule has 0 aliphatic heterocycles. The molecule has 0 radical (unpaired) electrons. The molecule has 0 saturated carbocycles. The molecule has 0 spiro atoms. The zero-order chi connectivity index (χ0) is 31.8. The predicted octanol–water partition coefficient (Wildman–Crippen LogP) is 6.22. The number of Topliss-reactive ketones (excluding diaryl/α,β-unsaturated/α-hetero) is 2. The second-order valence-electron chi connectivity index (χ2n) is 11.1. The predicted molar refractivity (Wildman–Crippen MR) is 160 cm³/mol. The van der Waals surface area contributed by atoms with Gasteiger partial charge in [0, 0.05) is 17.4 Å². The number of ether oxygens (including phenoxy) is 2. The minimum absolute atomic E-state index is 0.00111. The van der Waals surface area contributed by atoms with Gasteiger partial charge in [0.05, 0.1) is 0 Å². The number of esters is 2. The number of carbonyl (C=O) groups is 5. The number of hydrogen-bond donors (Lipinski definition) is 1. The fourth-order valence-corrected chi connectivity index (χ4v) is 4.28. The Kier molecular flexibility index (Phi) is 15.7. The van der Waals surface area contributed by atoms with E-state index in [1.807, 2.05) is 88.4 Å². The molecule has 1 N–H and O–H groups in total. The van der Waals surface area contributed by atoms with E-state index in [1.165, 1.54) is 13.8 Å². The van der Waals surface area contributed by atoms with Crippen LogP contribution in [0.3, 0.4) is 0 Å². The molecule has 2 aromatic rings. The van der Waals surface area contributed by atoms with Crippen molar-refractivity contribution in [3.05, 3.63) is 83.9 Å². The molecule has 0 aromatic heterocycles. The Morgan fingerprint density at radius 2 is 1.10 bits per heavy atom. The van der Waals surface area contributed by atoms with Crippen molar-refractivity contribution in [3.63, 3.8) is 0 Å². The van der Waals surface area contributed by atoms with Crippen LogP contribution in [0.1, 0.15) is 65.5 Å². The summed E-state index contributed by atoms with van der Waals surface area (Å²) in [6, 6.07) is 18.4. The normalized spacial score (nSPS) is 12.1. The lowest BCUT2D eigenvalue weighted by molar-refractivity contribution is -0.168. The first kappa shape index (κ1) is 36.0. The van der Waals surface area contributed by atoms with Crippen LogP contribution in [0.2, 0.25) is 0 Å². The van der Waals surface area contributed by atoms with Crippen LogP contribution in [-0.2, 0) is 46.7 Å². The molecule has 0 aliphatic rings. The number of aliphatic carboxylic acids is 1. The maximum absolute atomic E-state index is 12.8. The Labute approximate surface area is 249 Å². The quantitative estimate of drug-likeness (QED) is 0.150. The van der Waals surface area contributed by atoms with Crippen LogP contribution in [0, 0.1) is 29.6 Å². The minimum Gasteiger partial charge on any atom is -0.478 e. The van der Waals surface area contributed by atoms with Crippen molar-refractivity contribution >= 4 is 29.5 Å². The first-order valence-electron chi connectivity index (χ1n) is 14.1. The molecule has 0 saturated heterocycles. The summed E-state index contributed by atoms with van der Waals surface area (Å²) in [5.41, 5.74) is 1.61. The molecule has 228 valence electrons. The molecule has 0 fully saturated rings. The summed E-state index contributed by atoms with van der Waals surface area (Å²) >= 11 is 0. The van der Waals surface area contributed by atoms with Crippen LogP contribution in [-0.4, -0.2) is 34.6 Å². The second kappa shape index (κ2) is 18.4. The highest BCUT2D eigenvalue weighted by molar-refractivity contribution is 6.00. The third-order valence-electron chi connectivity index (χ3n) is 6.50. The molecule has 0 aliphatic carbocycles. The highest BCUT2D eigenvalue weighted by atomic mass is 16.6. The second-order valence-corrected chi connectivity index (χ2v) is 11.1. The van der Waals surface area contributed by atoms with Gasteiger partial charge in [-0.2, -0.15) is 0 Å². The van der Waals surface area contributed by atoms with Crippen molar-refractivity contribution in [1.29, 1.82) is 0 Å². The van der Waals surface area contributed by atoms with E-state index >= 15 is 0 Å². The number of carboxylic acid groups (broad SMARTS) is 1. The summed E-state index contributed by atoms with van der Waals surface area (Å²) < 4.78 is 10.8. The molecule has 8 heteroatoms. The Morgan fingerprint density at radius 1 is 0.690 bits per heavy atom. The highest BCUT2D eigenvalue weighted by Crippen LogP contribution is 2.26. The van der Waals surface area contributed by atoms with Crippen LogP contribution >= 0.6 is 0 Å². The number of carbonyl (C=O) groups excluding carboxylic acids is 4. The van der Waals surface area contributed by atoms with E-state index in [1.54, 1.807) is 0 Å². The van der Waals surface area contributed by atoms with E-state index in [2.05, 4.69) is 6.58 Å². The Morgan fingerprint density at radius 3 is 1.40 bits per heavy atom. The fourth-order valence-electron chi connectivity index (χ4n) is 4.28. The number of hydrogen-bond acceptors (Lipinski definition) is 7. The third-order valence-corrected chi connectivity index (χ3v) is 6.50. The molecule has 8 nitrogen and oxygen atoms in total. The molecule has 2 atom stereocenters. The van der Waals surface area contributed by atoms with Gasteiger partial charge in [-0.1, -0.05) is 94.9 Å². The van der Waals surface area contributed by atoms with Gasteiger partial charge in [0.1, 0.15) is 24.8 Å². The average molecular weight is 581 g/mol. The summed E-state index contributed by atoms with van der Waals surface area (Å²) in [6.45, 7) is 14.1. The Hall–Kier alpha value is -4.07. The Balaban J connectivity index is 0.000000572. The SMILES string of the molecule is C=C(C(=O)O)[C@@H](CC(C)C)C(C)=O.CC(=O)[C@H](CC(C)C)C(C(=O)OCc1ccccc1)C(=O)OCc1ccccc1. The summed E-state index contributed by atoms with van der Waals surface area (Å²) in [6.07, 6.45) is 0.960. The zero-order valence-corrected chi connectivity index (χ0v) is 25.5. The van der Waals surface area contributed by atoms with Gasteiger partial charge in [-0.15, -0.1) is 0 Å². The maximum Gasteiger partial charge on any atom is 0.331 e. The number of ketones is 2. The fraction of sp³-hybridized carbons (Fsp3) is 0.441. The van der Waals surface area contributed by atoms with Crippen molar-refractivity contribution in [2.24, 2.45) is 29.6 Å². The lowest BCUT2D eigenvalue weighted by atomic mass is 9.82. The largest absolute Gasteiger partial charge is 0.478 e. The topological polar surface area (TPSA) is 124 Å². The molecule has 0 bridgehead atoms. The third kappa shape index (κ3) is 13.1. The van der Waals surface area contributed by atoms with Gasteiger partial charge in [-0.25, -0.2) is 4.79 Å². The van der Waals surface area contributed by atoms with Gasteiger partial charge in [0.25, 0.3) is 0 Å². The average Bonchev–Trinajstić information content (AvgIpc) is 2.93. The van der Waals surface area contributed by atoms with Crippen molar-refractivity contribution in [1.82, 2.24) is 0 Å². The van der Waals surface area contributed by atoms with E-state index in [0.717, 1.165) is 11.1 Å². The number of carboxylic acids is 1.